The van der Waals surface area contributed by atoms with Gasteiger partial charge >= 0.3 is 0 Å². The minimum Gasteiger partial charge on any atom is -0.356 e. The molecule has 0 aliphatic carbocycles. The maximum atomic E-state index is 13.3. The van der Waals surface area contributed by atoms with Crippen LogP contribution in [0.15, 0.2) is 23.1 Å². The molecule has 0 atom stereocenters. The first-order valence-electron chi connectivity index (χ1n) is 7.90. The fourth-order valence-electron chi connectivity index (χ4n) is 2.68. The molecule has 0 spiro atoms. The van der Waals surface area contributed by atoms with Gasteiger partial charge in [0.25, 0.3) is 0 Å². The summed E-state index contributed by atoms with van der Waals surface area (Å²) in [6, 6.07) is 3.82. The fraction of sp³-hybridized carbons (Fsp3) is 0.562. The van der Waals surface area contributed by atoms with Crippen molar-refractivity contribution in [2.75, 3.05) is 19.6 Å². The van der Waals surface area contributed by atoms with Crippen LogP contribution >= 0.6 is 0 Å². The van der Waals surface area contributed by atoms with Gasteiger partial charge in [-0.3, -0.25) is 4.79 Å². The third-order valence-corrected chi connectivity index (χ3v) is 6.04. The number of amides is 1. The summed E-state index contributed by atoms with van der Waals surface area (Å²) in [5.41, 5.74) is 0.305. The predicted molar refractivity (Wildman–Crippen MR) is 85.9 cm³/mol. The Labute approximate surface area is 136 Å². The second kappa shape index (κ2) is 7.40. The van der Waals surface area contributed by atoms with E-state index in [0.717, 1.165) is 6.42 Å². The molecule has 1 N–H and O–H groups in total. The van der Waals surface area contributed by atoms with Gasteiger partial charge in [0.1, 0.15) is 5.82 Å². The van der Waals surface area contributed by atoms with Crippen LogP contribution in [-0.2, 0) is 14.8 Å². The van der Waals surface area contributed by atoms with Crippen molar-refractivity contribution in [3.05, 3.63) is 29.6 Å². The van der Waals surface area contributed by atoms with E-state index in [-0.39, 0.29) is 16.7 Å². The van der Waals surface area contributed by atoms with Crippen molar-refractivity contribution in [1.82, 2.24) is 9.62 Å². The zero-order valence-electron chi connectivity index (χ0n) is 13.5. The second-order valence-electron chi connectivity index (χ2n) is 5.88. The van der Waals surface area contributed by atoms with E-state index in [0.29, 0.717) is 38.0 Å². The molecule has 0 saturated carbocycles. The average molecular weight is 342 g/mol. The summed E-state index contributed by atoms with van der Waals surface area (Å²) in [5, 5.41) is 2.85. The number of benzene rings is 1. The van der Waals surface area contributed by atoms with Crippen molar-refractivity contribution in [3.8, 4) is 0 Å². The Morgan fingerprint density at radius 1 is 1.35 bits per heavy atom. The number of sulfonamides is 1. The standard InChI is InChI=1S/C16H23FN2O3S/c1-3-8-18-16(20)13-6-9-19(10-7-13)23(21,22)14-4-5-15(17)12(2)11-14/h4-5,11,13H,3,6-10H2,1-2H3,(H,18,20). The molecule has 0 aromatic heterocycles. The first kappa shape index (κ1) is 17.9. The van der Waals surface area contributed by atoms with Crippen LogP contribution in [0.5, 0.6) is 0 Å². The number of halogens is 1. The van der Waals surface area contributed by atoms with E-state index in [1.807, 2.05) is 6.92 Å². The molecule has 0 bridgehead atoms. The second-order valence-corrected chi connectivity index (χ2v) is 7.82. The third-order valence-electron chi connectivity index (χ3n) is 4.14. The number of carbonyl (C=O) groups excluding carboxylic acids is 1. The molecule has 1 fully saturated rings. The summed E-state index contributed by atoms with van der Waals surface area (Å²) >= 11 is 0. The molecule has 1 aromatic rings. The smallest absolute Gasteiger partial charge is 0.243 e. The van der Waals surface area contributed by atoms with Gasteiger partial charge in [0.05, 0.1) is 4.90 Å². The molecular weight excluding hydrogens is 319 g/mol. The lowest BCUT2D eigenvalue weighted by Crippen LogP contribution is -2.43. The van der Waals surface area contributed by atoms with Crippen molar-refractivity contribution >= 4 is 15.9 Å². The molecule has 1 saturated heterocycles. The lowest BCUT2D eigenvalue weighted by Gasteiger charge is -2.30. The Hall–Kier alpha value is -1.47. The summed E-state index contributed by atoms with van der Waals surface area (Å²) in [4.78, 5) is 12.0. The zero-order valence-corrected chi connectivity index (χ0v) is 14.3. The lowest BCUT2D eigenvalue weighted by molar-refractivity contribution is -0.126. The van der Waals surface area contributed by atoms with Gasteiger partial charge in [0.15, 0.2) is 0 Å². The molecule has 0 radical (unpaired) electrons. The van der Waals surface area contributed by atoms with E-state index in [4.69, 9.17) is 0 Å². The summed E-state index contributed by atoms with van der Waals surface area (Å²) < 4.78 is 39.9. The predicted octanol–water partition coefficient (Wildman–Crippen LogP) is 2.06. The molecule has 7 heteroatoms. The number of aryl methyl sites for hydroxylation is 1. The number of nitrogens with zero attached hydrogens (tertiary/aromatic N) is 1. The number of nitrogens with one attached hydrogen (secondary N) is 1. The van der Waals surface area contributed by atoms with Crippen molar-refractivity contribution in [2.45, 2.75) is 38.0 Å². The number of hydrogen-bond acceptors (Lipinski definition) is 3. The van der Waals surface area contributed by atoms with Gasteiger partial charge < -0.3 is 5.32 Å². The summed E-state index contributed by atoms with van der Waals surface area (Å²) in [7, 11) is -3.63. The topological polar surface area (TPSA) is 66.5 Å². The van der Waals surface area contributed by atoms with Crippen LogP contribution < -0.4 is 5.32 Å². The molecule has 1 amide bonds. The summed E-state index contributed by atoms with van der Waals surface area (Å²) in [5.74, 6) is -0.556. The lowest BCUT2D eigenvalue weighted by atomic mass is 9.97. The number of piperidine rings is 1. The van der Waals surface area contributed by atoms with E-state index >= 15 is 0 Å². The van der Waals surface area contributed by atoms with Crippen LogP contribution in [0.3, 0.4) is 0 Å². The highest BCUT2D eigenvalue weighted by Crippen LogP contribution is 2.25. The van der Waals surface area contributed by atoms with E-state index in [2.05, 4.69) is 5.32 Å². The average Bonchev–Trinajstić information content (AvgIpc) is 2.55. The van der Waals surface area contributed by atoms with E-state index in [1.54, 1.807) is 6.92 Å². The van der Waals surface area contributed by atoms with Crippen LogP contribution in [0.4, 0.5) is 4.39 Å². The molecule has 2 rings (SSSR count). The van der Waals surface area contributed by atoms with Crippen molar-refractivity contribution < 1.29 is 17.6 Å². The van der Waals surface area contributed by atoms with Gasteiger partial charge in [-0.15, -0.1) is 0 Å². The third kappa shape index (κ3) is 4.09. The molecular formula is C16H23FN2O3S. The van der Waals surface area contributed by atoms with E-state index < -0.39 is 15.8 Å². The van der Waals surface area contributed by atoms with Crippen LogP contribution in [-0.4, -0.2) is 38.3 Å². The highest BCUT2D eigenvalue weighted by atomic mass is 32.2. The van der Waals surface area contributed by atoms with Crippen LogP contribution in [0.25, 0.3) is 0 Å². The minimum atomic E-state index is -3.63. The largest absolute Gasteiger partial charge is 0.356 e. The molecule has 1 aliphatic heterocycles. The molecule has 5 nitrogen and oxygen atoms in total. The highest BCUT2D eigenvalue weighted by molar-refractivity contribution is 7.89. The van der Waals surface area contributed by atoms with Gasteiger partial charge in [-0.25, -0.2) is 12.8 Å². The normalized spacial score (nSPS) is 17.2. The highest BCUT2D eigenvalue weighted by Gasteiger charge is 2.32. The van der Waals surface area contributed by atoms with Crippen molar-refractivity contribution in [2.24, 2.45) is 5.92 Å². The van der Waals surface area contributed by atoms with Gasteiger partial charge in [-0.2, -0.15) is 4.31 Å². The Kier molecular flexibility index (Phi) is 5.75. The van der Waals surface area contributed by atoms with Crippen LogP contribution in [0.2, 0.25) is 0 Å². The van der Waals surface area contributed by atoms with Gasteiger partial charge in [-0.1, -0.05) is 6.92 Å². The molecule has 1 aliphatic rings. The summed E-state index contributed by atoms with van der Waals surface area (Å²) in [6.45, 7) is 4.79. The summed E-state index contributed by atoms with van der Waals surface area (Å²) in [6.07, 6.45) is 1.90. The molecule has 128 valence electrons. The first-order chi connectivity index (χ1) is 10.9. The fourth-order valence-corrected chi connectivity index (χ4v) is 4.23. The van der Waals surface area contributed by atoms with Crippen LogP contribution in [0, 0.1) is 18.7 Å². The quantitative estimate of drug-likeness (QED) is 0.891. The number of hydrogen-bond donors (Lipinski definition) is 1. The number of rotatable bonds is 5. The van der Waals surface area contributed by atoms with Gasteiger partial charge in [-0.05, 0) is 49.9 Å². The monoisotopic (exact) mass is 342 g/mol. The first-order valence-corrected chi connectivity index (χ1v) is 9.34. The Balaban J connectivity index is 2.03. The number of carbonyl (C=O) groups is 1. The molecule has 1 aromatic carbocycles. The zero-order chi connectivity index (χ0) is 17.0. The maximum absolute atomic E-state index is 13.3. The van der Waals surface area contributed by atoms with E-state index in [1.165, 1.54) is 22.5 Å². The molecule has 0 unspecified atom stereocenters. The minimum absolute atomic E-state index is 0.00141. The molecule has 1 heterocycles. The van der Waals surface area contributed by atoms with Crippen LogP contribution in [0.1, 0.15) is 31.7 Å². The van der Waals surface area contributed by atoms with Crippen molar-refractivity contribution in [3.63, 3.8) is 0 Å². The Morgan fingerprint density at radius 3 is 2.57 bits per heavy atom. The van der Waals surface area contributed by atoms with E-state index in [9.17, 15) is 17.6 Å². The van der Waals surface area contributed by atoms with Crippen molar-refractivity contribution in [1.29, 1.82) is 0 Å². The Morgan fingerprint density at radius 2 is 2.00 bits per heavy atom. The van der Waals surface area contributed by atoms with Gasteiger partial charge in [0.2, 0.25) is 15.9 Å². The Bertz CT molecular complexity index is 668. The SMILES string of the molecule is CCCNC(=O)C1CCN(S(=O)(=O)c2ccc(F)c(C)c2)CC1. The van der Waals surface area contributed by atoms with Gasteiger partial charge in [0, 0.05) is 25.6 Å². The maximum Gasteiger partial charge on any atom is 0.243 e. The molecule has 23 heavy (non-hydrogen) atoms.